The Kier molecular flexibility index (Phi) is 4.53. The van der Waals surface area contributed by atoms with Gasteiger partial charge < -0.3 is 20.1 Å². The average Bonchev–Trinajstić information content (AvgIpc) is 2.73. The van der Waals surface area contributed by atoms with E-state index in [0.717, 1.165) is 4.88 Å². The molecule has 1 aliphatic rings. The topological polar surface area (TPSA) is 78.9 Å². The Bertz CT molecular complexity index is 529. The van der Waals surface area contributed by atoms with Gasteiger partial charge in [-0.3, -0.25) is 0 Å². The number of carbonyl (C=O) groups excluding carboxylic acids is 1. The summed E-state index contributed by atoms with van der Waals surface area (Å²) in [4.78, 5) is 25.2. The predicted octanol–water partition coefficient (Wildman–Crippen LogP) is 2.16. The molecule has 0 saturated carbocycles. The number of rotatable bonds is 4. The lowest BCUT2D eigenvalue weighted by Gasteiger charge is -2.40. The first-order valence-electron chi connectivity index (χ1n) is 6.76. The van der Waals surface area contributed by atoms with Crippen LogP contribution in [0, 0.1) is 0 Å². The molecule has 1 aliphatic heterocycles. The Balaban J connectivity index is 1.71. The lowest BCUT2D eigenvalue weighted by atomic mass is 10.1. The second-order valence-electron chi connectivity index (χ2n) is 6.07. The van der Waals surface area contributed by atoms with Crippen LogP contribution in [0.2, 0.25) is 0 Å². The molecular weight excluding hydrogens is 292 g/mol. The predicted molar refractivity (Wildman–Crippen MR) is 79.7 cm³/mol. The molecule has 116 valence electrons. The van der Waals surface area contributed by atoms with Gasteiger partial charge in [-0.15, -0.1) is 11.3 Å². The van der Waals surface area contributed by atoms with Crippen LogP contribution in [0.1, 0.15) is 36.0 Å². The fraction of sp³-hybridized carbons (Fsp3) is 0.571. The van der Waals surface area contributed by atoms with Crippen LogP contribution in [-0.4, -0.2) is 46.8 Å². The molecule has 1 amide bonds. The summed E-state index contributed by atoms with van der Waals surface area (Å²) < 4.78 is 5.28. The molecule has 0 aromatic carbocycles. The molecule has 2 N–H and O–H groups in total. The highest BCUT2D eigenvalue weighted by atomic mass is 32.1. The van der Waals surface area contributed by atoms with E-state index in [-0.39, 0.29) is 12.1 Å². The van der Waals surface area contributed by atoms with Gasteiger partial charge in [0.2, 0.25) is 0 Å². The van der Waals surface area contributed by atoms with E-state index >= 15 is 0 Å². The minimum absolute atomic E-state index is 0.230. The van der Waals surface area contributed by atoms with Gasteiger partial charge in [-0.05, 0) is 26.8 Å². The molecule has 0 aliphatic carbocycles. The van der Waals surface area contributed by atoms with Crippen LogP contribution < -0.4 is 5.32 Å². The van der Waals surface area contributed by atoms with Gasteiger partial charge in [-0.25, -0.2) is 9.59 Å². The molecular formula is C14H20N2O4S. The maximum atomic E-state index is 11.8. The largest absolute Gasteiger partial charge is 0.478 e. The van der Waals surface area contributed by atoms with E-state index in [1.54, 1.807) is 16.3 Å². The third kappa shape index (κ3) is 4.44. The molecule has 1 fully saturated rings. The van der Waals surface area contributed by atoms with E-state index in [1.807, 2.05) is 20.8 Å². The standard InChI is InChI=1S/C14H20N2O4S/c1-14(2,3)20-13(19)16-6-10(7-16)15-5-11-4-9(8-21-11)12(17)18/h4,8,10,15H,5-7H2,1-3H3,(H,17,18). The van der Waals surface area contributed by atoms with Crippen molar-refractivity contribution in [3.8, 4) is 0 Å². The first-order chi connectivity index (χ1) is 9.74. The molecule has 1 aromatic rings. The van der Waals surface area contributed by atoms with Crippen LogP contribution >= 0.6 is 11.3 Å². The third-order valence-electron chi connectivity index (χ3n) is 3.00. The molecule has 6 nitrogen and oxygen atoms in total. The molecule has 0 bridgehead atoms. The quantitative estimate of drug-likeness (QED) is 0.890. The third-order valence-corrected chi connectivity index (χ3v) is 3.94. The first-order valence-corrected chi connectivity index (χ1v) is 7.64. The summed E-state index contributed by atoms with van der Waals surface area (Å²) in [6.07, 6.45) is -0.287. The van der Waals surface area contributed by atoms with Crippen molar-refractivity contribution in [2.24, 2.45) is 0 Å². The molecule has 0 spiro atoms. The Morgan fingerprint density at radius 3 is 2.67 bits per heavy atom. The lowest BCUT2D eigenvalue weighted by molar-refractivity contribution is 0.00519. The second kappa shape index (κ2) is 6.03. The Labute approximate surface area is 127 Å². The van der Waals surface area contributed by atoms with Crippen LogP contribution in [0.15, 0.2) is 11.4 Å². The Hall–Kier alpha value is -1.60. The fourth-order valence-electron chi connectivity index (χ4n) is 1.91. The zero-order valence-corrected chi connectivity index (χ0v) is 13.2. The zero-order valence-electron chi connectivity index (χ0n) is 12.4. The summed E-state index contributed by atoms with van der Waals surface area (Å²) in [5.74, 6) is -0.905. The van der Waals surface area contributed by atoms with Crippen molar-refractivity contribution in [2.45, 2.75) is 39.0 Å². The highest BCUT2D eigenvalue weighted by Gasteiger charge is 2.33. The number of amides is 1. The van der Waals surface area contributed by atoms with Gasteiger partial charge in [-0.1, -0.05) is 0 Å². The number of thiophene rings is 1. The fourth-order valence-corrected chi connectivity index (χ4v) is 2.72. The maximum Gasteiger partial charge on any atom is 0.410 e. The van der Waals surface area contributed by atoms with Gasteiger partial charge in [0.25, 0.3) is 0 Å². The number of likely N-dealkylation sites (tertiary alicyclic amines) is 1. The van der Waals surface area contributed by atoms with Gasteiger partial charge in [0.05, 0.1) is 5.56 Å². The van der Waals surface area contributed by atoms with Crippen molar-refractivity contribution >= 4 is 23.4 Å². The van der Waals surface area contributed by atoms with Crippen LogP contribution in [0.4, 0.5) is 4.79 Å². The number of nitrogens with zero attached hydrogens (tertiary/aromatic N) is 1. The minimum atomic E-state index is -0.905. The molecule has 7 heteroatoms. The lowest BCUT2D eigenvalue weighted by Crippen LogP contribution is -2.60. The van der Waals surface area contributed by atoms with Crippen LogP contribution in [0.25, 0.3) is 0 Å². The molecule has 0 unspecified atom stereocenters. The number of hydrogen-bond acceptors (Lipinski definition) is 5. The molecule has 1 aromatic heterocycles. The molecule has 0 radical (unpaired) electrons. The van der Waals surface area contributed by atoms with E-state index in [2.05, 4.69) is 5.32 Å². The van der Waals surface area contributed by atoms with Crippen molar-refractivity contribution in [2.75, 3.05) is 13.1 Å². The summed E-state index contributed by atoms with van der Waals surface area (Å²) in [6, 6.07) is 1.90. The number of hydrogen-bond donors (Lipinski definition) is 2. The van der Waals surface area contributed by atoms with E-state index in [4.69, 9.17) is 9.84 Å². The van der Waals surface area contributed by atoms with Crippen molar-refractivity contribution in [1.82, 2.24) is 10.2 Å². The highest BCUT2D eigenvalue weighted by Crippen LogP contribution is 2.17. The van der Waals surface area contributed by atoms with Gasteiger partial charge in [0.1, 0.15) is 5.60 Å². The van der Waals surface area contributed by atoms with Gasteiger partial charge in [0.15, 0.2) is 0 Å². The van der Waals surface area contributed by atoms with E-state index in [1.165, 1.54) is 11.3 Å². The minimum Gasteiger partial charge on any atom is -0.478 e. The number of carbonyl (C=O) groups is 2. The molecule has 2 heterocycles. The summed E-state index contributed by atoms with van der Waals surface area (Å²) in [5.41, 5.74) is -0.152. The number of ether oxygens (including phenoxy) is 1. The second-order valence-corrected chi connectivity index (χ2v) is 7.07. The normalized spacial score (nSPS) is 15.7. The van der Waals surface area contributed by atoms with Crippen molar-refractivity contribution in [3.05, 3.63) is 21.9 Å². The molecule has 1 saturated heterocycles. The number of nitrogens with one attached hydrogen (secondary N) is 1. The van der Waals surface area contributed by atoms with Gasteiger partial charge >= 0.3 is 12.1 Å². The van der Waals surface area contributed by atoms with Crippen LogP contribution in [0.3, 0.4) is 0 Å². The van der Waals surface area contributed by atoms with Gasteiger partial charge in [-0.2, -0.15) is 0 Å². The summed E-state index contributed by atoms with van der Waals surface area (Å²) in [6.45, 7) is 7.38. The smallest absolute Gasteiger partial charge is 0.410 e. The summed E-state index contributed by atoms with van der Waals surface area (Å²) >= 11 is 1.42. The highest BCUT2D eigenvalue weighted by molar-refractivity contribution is 7.10. The summed E-state index contributed by atoms with van der Waals surface area (Å²) in [7, 11) is 0. The SMILES string of the molecule is CC(C)(C)OC(=O)N1CC(NCc2cc(C(=O)O)cs2)C1. The van der Waals surface area contributed by atoms with Crippen LogP contribution in [0.5, 0.6) is 0 Å². The van der Waals surface area contributed by atoms with E-state index < -0.39 is 11.6 Å². The van der Waals surface area contributed by atoms with Crippen molar-refractivity contribution < 1.29 is 19.4 Å². The summed E-state index contributed by atoms with van der Waals surface area (Å²) in [5, 5.41) is 13.8. The molecule has 0 atom stereocenters. The average molecular weight is 312 g/mol. The van der Waals surface area contributed by atoms with Crippen molar-refractivity contribution in [3.63, 3.8) is 0 Å². The number of aromatic carboxylic acids is 1. The maximum absolute atomic E-state index is 11.8. The van der Waals surface area contributed by atoms with E-state index in [0.29, 0.717) is 25.2 Å². The Morgan fingerprint density at radius 2 is 2.14 bits per heavy atom. The van der Waals surface area contributed by atoms with E-state index in [9.17, 15) is 9.59 Å². The molecule has 2 rings (SSSR count). The first kappa shape index (κ1) is 15.8. The van der Waals surface area contributed by atoms with Gasteiger partial charge in [0, 0.05) is 35.9 Å². The molecule has 21 heavy (non-hydrogen) atoms. The monoisotopic (exact) mass is 312 g/mol. The van der Waals surface area contributed by atoms with Crippen LogP contribution in [-0.2, 0) is 11.3 Å². The van der Waals surface area contributed by atoms with Crippen molar-refractivity contribution in [1.29, 1.82) is 0 Å². The number of carboxylic acids is 1. The zero-order chi connectivity index (χ0) is 15.6. The Morgan fingerprint density at radius 1 is 1.48 bits per heavy atom. The number of carboxylic acid groups (broad SMARTS) is 1.